The maximum Gasteiger partial charge on any atom is 0.530 e. The highest BCUT2D eigenvalue weighted by Gasteiger charge is 2.31. The highest BCUT2D eigenvalue weighted by molar-refractivity contribution is 7.48. The molecule has 0 saturated heterocycles. The summed E-state index contributed by atoms with van der Waals surface area (Å²) in [4.78, 5) is 9.59. The SMILES string of the molecule is COc1ccc(/C=C\c2cc(OC)c(OC)c(OC)c2)cc1O.COc1ccc(/C=C\c2cc(OC)c(OC)c(OC)c2)cc1OP(=O)(OCc1ccccc1)OCc1ccccc1.OP(OCc1ccccc1)OCc1ccccc1. The van der Waals surface area contributed by atoms with E-state index in [1.54, 1.807) is 66.9 Å². The number of aromatic hydroxyl groups is 1. The first-order valence-electron chi connectivity index (χ1n) is 25.4. The van der Waals surface area contributed by atoms with Gasteiger partial charge in [-0.15, -0.1) is 0 Å². The molecule has 0 fully saturated rings. The van der Waals surface area contributed by atoms with Crippen LogP contribution in [0.4, 0.5) is 0 Å². The number of hydrogen-bond donors (Lipinski definition) is 2. The van der Waals surface area contributed by atoms with E-state index in [-0.39, 0.29) is 24.7 Å². The number of hydrogen-bond acceptors (Lipinski definition) is 16. The van der Waals surface area contributed by atoms with Crippen LogP contribution in [-0.4, -0.2) is 66.9 Å². The fraction of sp³-hybridized carbons (Fsp3) is 0.188. The van der Waals surface area contributed by atoms with Crippen molar-refractivity contribution in [3.8, 4) is 57.5 Å². The lowest BCUT2D eigenvalue weighted by Crippen LogP contribution is -2.04. The Labute approximate surface area is 481 Å². The largest absolute Gasteiger partial charge is 0.530 e. The van der Waals surface area contributed by atoms with Crippen molar-refractivity contribution >= 4 is 40.7 Å². The quantitative estimate of drug-likeness (QED) is 0.0386. The molecule has 16 nitrogen and oxygen atoms in total. The summed E-state index contributed by atoms with van der Waals surface area (Å²) >= 11 is 0. The lowest BCUT2D eigenvalue weighted by molar-refractivity contribution is 0.142. The molecular formula is C64H68O16P2. The van der Waals surface area contributed by atoms with Crippen molar-refractivity contribution in [2.75, 3.05) is 56.9 Å². The molecule has 8 aromatic carbocycles. The van der Waals surface area contributed by atoms with Crippen molar-refractivity contribution in [2.24, 2.45) is 0 Å². The van der Waals surface area contributed by atoms with E-state index in [0.717, 1.165) is 44.5 Å². The van der Waals surface area contributed by atoms with Crippen molar-refractivity contribution in [2.45, 2.75) is 26.4 Å². The third-order valence-electron chi connectivity index (χ3n) is 11.7. The maximum atomic E-state index is 13.9. The predicted molar refractivity (Wildman–Crippen MR) is 320 cm³/mol. The van der Waals surface area contributed by atoms with Crippen molar-refractivity contribution in [3.05, 3.63) is 226 Å². The summed E-state index contributed by atoms with van der Waals surface area (Å²) < 4.78 is 84.7. The van der Waals surface area contributed by atoms with Crippen LogP contribution >= 0.6 is 16.4 Å². The van der Waals surface area contributed by atoms with Gasteiger partial charge < -0.3 is 61.5 Å². The summed E-state index contributed by atoms with van der Waals surface area (Å²) in [6, 6.07) is 56.0. The normalized spacial score (nSPS) is 11.0. The van der Waals surface area contributed by atoms with Crippen LogP contribution in [0.1, 0.15) is 44.5 Å². The fourth-order valence-electron chi connectivity index (χ4n) is 7.57. The van der Waals surface area contributed by atoms with Gasteiger partial charge in [0, 0.05) is 0 Å². The average molecular weight is 1160 g/mol. The van der Waals surface area contributed by atoms with E-state index < -0.39 is 16.4 Å². The molecule has 0 unspecified atom stereocenters. The second kappa shape index (κ2) is 33.5. The number of phenols is 1. The Bertz CT molecular complexity index is 3150. The third-order valence-corrected chi connectivity index (χ3v) is 13.8. The van der Waals surface area contributed by atoms with E-state index in [0.29, 0.717) is 59.2 Å². The Hall–Kier alpha value is -8.30. The van der Waals surface area contributed by atoms with Crippen molar-refractivity contribution in [1.82, 2.24) is 0 Å². The minimum atomic E-state index is -4.09. The summed E-state index contributed by atoms with van der Waals surface area (Å²) in [6.45, 7) is 0.793. The van der Waals surface area contributed by atoms with Gasteiger partial charge in [0.2, 0.25) is 11.5 Å². The van der Waals surface area contributed by atoms with E-state index in [2.05, 4.69) is 0 Å². The van der Waals surface area contributed by atoms with Gasteiger partial charge in [-0.2, -0.15) is 0 Å². The molecule has 0 amide bonds. The van der Waals surface area contributed by atoms with E-state index in [4.69, 9.17) is 60.5 Å². The molecule has 0 aliphatic heterocycles. The van der Waals surface area contributed by atoms with Crippen LogP contribution in [0.15, 0.2) is 182 Å². The standard InChI is InChI=1S/C32H33O8P.C18H20O5.C14H15O3P/c1-34-28-18-17-24(15-16-27-20-30(35-2)32(37-4)31(21-27)36-3)19-29(28)40-41(33,38-22-25-11-7-5-8-12-25)39-23-26-13-9-6-10-14-26;1-20-15-8-7-12(9-14(15)19)5-6-13-10-16(21-2)18(23-4)17(11-13)22-3;15-18(16-11-13-7-3-1-4-8-13)17-12-14-9-5-2-6-10-14/h5-21H,22-23H2,1-4H3;5-11,19H,1-4H3;1-10,15H,11-12H2/b16-15-;6-5-;. The molecule has 18 heteroatoms. The predicted octanol–water partition coefficient (Wildman–Crippen LogP) is 15.0. The minimum Gasteiger partial charge on any atom is -0.504 e. The molecule has 0 heterocycles. The minimum absolute atomic E-state index is 0.0377. The van der Waals surface area contributed by atoms with E-state index in [9.17, 15) is 14.6 Å². The van der Waals surface area contributed by atoms with Gasteiger partial charge in [0.25, 0.3) is 0 Å². The van der Waals surface area contributed by atoms with Crippen LogP contribution in [0.3, 0.4) is 0 Å². The van der Waals surface area contributed by atoms with Crippen LogP contribution in [0.2, 0.25) is 0 Å². The Morgan fingerprint density at radius 2 is 0.683 bits per heavy atom. The smallest absolute Gasteiger partial charge is 0.504 e. The van der Waals surface area contributed by atoms with E-state index in [1.165, 1.54) is 14.2 Å². The Morgan fingerprint density at radius 3 is 1.02 bits per heavy atom. The van der Waals surface area contributed by atoms with Gasteiger partial charge in [-0.25, -0.2) is 4.57 Å². The number of methoxy groups -OCH3 is 8. The van der Waals surface area contributed by atoms with Gasteiger partial charge in [0.05, 0.1) is 83.3 Å². The molecule has 0 atom stereocenters. The van der Waals surface area contributed by atoms with Crippen molar-refractivity contribution < 1.29 is 75.1 Å². The topological polar surface area (TPSA) is 178 Å². The highest BCUT2D eigenvalue weighted by Crippen LogP contribution is 2.53. The Kier molecular flexibility index (Phi) is 25.7. The maximum absolute atomic E-state index is 13.9. The Morgan fingerprint density at radius 1 is 0.366 bits per heavy atom. The van der Waals surface area contributed by atoms with Crippen molar-refractivity contribution in [1.29, 1.82) is 0 Å². The van der Waals surface area contributed by atoms with Gasteiger partial charge >= 0.3 is 16.4 Å². The highest BCUT2D eigenvalue weighted by atomic mass is 31.2. The molecule has 0 aromatic heterocycles. The second-order valence-corrected chi connectivity index (χ2v) is 19.8. The number of phenolic OH excluding ortho intramolecular Hbond substituents is 1. The van der Waals surface area contributed by atoms with Gasteiger partial charge in [0.15, 0.2) is 46.0 Å². The summed E-state index contributed by atoms with van der Waals surface area (Å²) in [5, 5.41) is 9.81. The average Bonchev–Trinajstić information content (AvgIpc) is 3.70. The third kappa shape index (κ3) is 19.8. The second-order valence-electron chi connectivity index (χ2n) is 17.2. The molecule has 0 aliphatic rings. The summed E-state index contributed by atoms with van der Waals surface area (Å²) in [6.07, 6.45) is 7.52. The molecule has 8 rings (SSSR count). The molecule has 2 N–H and O–H groups in total. The lowest BCUT2D eigenvalue weighted by atomic mass is 10.1. The van der Waals surface area contributed by atoms with Gasteiger partial charge in [0.1, 0.15) is 0 Å². The molecule has 0 aliphatic carbocycles. The monoisotopic (exact) mass is 1150 g/mol. The molecule has 8 aromatic rings. The summed E-state index contributed by atoms with van der Waals surface area (Å²) in [5.74, 6) is 4.44. The fourth-order valence-corrected chi connectivity index (χ4v) is 9.34. The number of rotatable bonds is 26. The van der Waals surface area contributed by atoms with Crippen LogP contribution in [-0.2, 0) is 49.1 Å². The van der Waals surface area contributed by atoms with Crippen LogP contribution in [0, 0.1) is 0 Å². The van der Waals surface area contributed by atoms with Crippen LogP contribution in [0.5, 0.6) is 57.5 Å². The first-order chi connectivity index (χ1) is 39.9. The van der Waals surface area contributed by atoms with Crippen LogP contribution < -0.4 is 42.4 Å². The number of ether oxygens (including phenoxy) is 8. The summed E-state index contributed by atoms with van der Waals surface area (Å²) in [7, 11) is 6.51. The number of benzene rings is 8. The first kappa shape index (κ1) is 62.9. The number of phosphoric acid groups is 1. The molecule has 0 saturated carbocycles. The van der Waals surface area contributed by atoms with Crippen molar-refractivity contribution in [3.63, 3.8) is 0 Å². The lowest BCUT2D eigenvalue weighted by Gasteiger charge is -2.20. The molecule has 0 radical (unpaired) electrons. The van der Waals surface area contributed by atoms with Gasteiger partial charge in [-0.3, -0.25) is 9.05 Å². The molecule has 0 spiro atoms. The molecule has 430 valence electrons. The first-order valence-corrected chi connectivity index (χ1v) is 28.0. The molecule has 0 bridgehead atoms. The zero-order chi connectivity index (χ0) is 58.5. The van der Waals surface area contributed by atoms with E-state index in [1.807, 2.05) is 182 Å². The molecular weight excluding hydrogens is 1090 g/mol. The zero-order valence-electron chi connectivity index (χ0n) is 47.0. The van der Waals surface area contributed by atoms with Gasteiger partial charge in [-0.1, -0.05) is 158 Å². The van der Waals surface area contributed by atoms with E-state index >= 15 is 0 Å². The van der Waals surface area contributed by atoms with Gasteiger partial charge in [-0.05, 0) is 93.0 Å². The number of phosphoric ester groups is 1. The van der Waals surface area contributed by atoms with Crippen LogP contribution in [0.25, 0.3) is 24.3 Å². The zero-order valence-corrected chi connectivity index (χ0v) is 48.8. The summed E-state index contributed by atoms with van der Waals surface area (Å²) in [5.41, 5.74) is 6.99. The Balaban J connectivity index is 0.000000221. The molecule has 82 heavy (non-hydrogen) atoms.